The van der Waals surface area contributed by atoms with Gasteiger partial charge in [-0.3, -0.25) is 9.10 Å². The number of amides is 1. The Hall–Kier alpha value is -3.83. The summed E-state index contributed by atoms with van der Waals surface area (Å²) in [6, 6.07) is 13.7. The number of fused-ring (bicyclic) bond motifs is 1. The molecule has 1 N–H and O–H groups in total. The molecule has 1 unspecified atom stereocenters. The minimum absolute atomic E-state index is 0.0994. The average molecular weight is 605 g/mol. The van der Waals surface area contributed by atoms with Gasteiger partial charge in [0.05, 0.1) is 45.1 Å². The van der Waals surface area contributed by atoms with Crippen LogP contribution in [0.2, 0.25) is 5.02 Å². The fourth-order valence-corrected chi connectivity index (χ4v) is 6.33. The lowest BCUT2D eigenvalue weighted by atomic mass is 9.89. The normalized spacial score (nSPS) is 15.6. The maximum atomic E-state index is 14.1. The molecule has 41 heavy (non-hydrogen) atoms. The Balaban J connectivity index is 1.73. The number of nitrogens with zero attached hydrogens (tertiary/aromatic N) is 1. The lowest BCUT2D eigenvalue weighted by Crippen LogP contribution is -2.45. The summed E-state index contributed by atoms with van der Waals surface area (Å²) in [5, 5.41) is 3.27. The molecule has 12 heteroatoms. The summed E-state index contributed by atoms with van der Waals surface area (Å²) in [5.41, 5.74) is 0.259. The number of anilines is 1. The maximum absolute atomic E-state index is 14.1. The van der Waals surface area contributed by atoms with Crippen LogP contribution in [0.4, 0.5) is 5.69 Å². The third kappa shape index (κ3) is 6.41. The van der Waals surface area contributed by atoms with Gasteiger partial charge < -0.3 is 29.0 Å². The molecule has 0 fully saturated rings. The molecular formula is C29H33ClN2O8S. The monoisotopic (exact) mass is 604 g/mol. The highest BCUT2D eigenvalue weighted by Crippen LogP contribution is 2.42. The lowest BCUT2D eigenvalue weighted by molar-refractivity contribution is -0.120. The number of benzene rings is 3. The molecule has 1 amide bonds. The summed E-state index contributed by atoms with van der Waals surface area (Å²) < 4.78 is 56.6. The largest absolute Gasteiger partial charge is 0.497 e. The average Bonchev–Trinajstić information content (AvgIpc) is 2.94. The summed E-state index contributed by atoms with van der Waals surface area (Å²) >= 11 is 6.27. The fourth-order valence-electron chi connectivity index (χ4n) is 4.72. The lowest BCUT2D eigenvalue weighted by Gasteiger charge is -2.38. The van der Waals surface area contributed by atoms with Crippen LogP contribution in [0, 0.1) is 0 Å². The standard InChI is InChI=1S/C29H33ClN2O8S/c1-29(2)16-22(21-10-8-19(36-3)14-26(21)40-29)31-28(33)17-32(23-13-18(30)7-11-24(23)37-4)41(34,35)20-9-12-25(38-5)27(15-20)39-6/h7-15,22H,16-17H2,1-6H3,(H,31,33). The third-order valence-electron chi connectivity index (χ3n) is 6.65. The molecule has 0 bridgehead atoms. The Morgan fingerprint density at radius 1 is 0.951 bits per heavy atom. The van der Waals surface area contributed by atoms with Crippen molar-refractivity contribution in [1.29, 1.82) is 0 Å². The van der Waals surface area contributed by atoms with E-state index in [9.17, 15) is 13.2 Å². The molecule has 10 nitrogen and oxygen atoms in total. The Labute approximate surface area is 245 Å². The molecule has 4 rings (SSSR count). The van der Waals surface area contributed by atoms with Crippen molar-refractivity contribution in [1.82, 2.24) is 5.32 Å². The van der Waals surface area contributed by atoms with Gasteiger partial charge in [-0.15, -0.1) is 0 Å². The van der Waals surface area contributed by atoms with Gasteiger partial charge in [-0.25, -0.2) is 8.42 Å². The quantitative estimate of drug-likeness (QED) is 0.344. The predicted octanol–water partition coefficient (Wildman–Crippen LogP) is 4.99. The van der Waals surface area contributed by atoms with Crippen molar-refractivity contribution >= 4 is 33.2 Å². The number of hydrogen-bond donors (Lipinski definition) is 1. The molecule has 3 aromatic rings. The zero-order chi connectivity index (χ0) is 29.9. The second kappa shape index (κ2) is 12.0. The molecule has 1 aliphatic heterocycles. The second-order valence-corrected chi connectivity index (χ2v) is 12.2. The van der Waals surface area contributed by atoms with Crippen LogP contribution in [0.15, 0.2) is 59.5 Å². The first kappa shape index (κ1) is 30.1. The van der Waals surface area contributed by atoms with Crippen molar-refractivity contribution in [2.24, 2.45) is 0 Å². The van der Waals surface area contributed by atoms with Gasteiger partial charge in [0.1, 0.15) is 29.4 Å². The van der Waals surface area contributed by atoms with Crippen molar-refractivity contribution in [3.05, 3.63) is 65.2 Å². The predicted molar refractivity (Wildman–Crippen MR) is 155 cm³/mol. The van der Waals surface area contributed by atoms with Gasteiger partial charge in [-0.1, -0.05) is 11.6 Å². The van der Waals surface area contributed by atoms with Crippen molar-refractivity contribution in [2.45, 2.75) is 36.8 Å². The van der Waals surface area contributed by atoms with E-state index in [1.807, 2.05) is 19.9 Å². The summed E-state index contributed by atoms with van der Waals surface area (Å²) in [5.74, 6) is 1.45. The molecule has 0 aliphatic carbocycles. The Bertz CT molecular complexity index is 1540. The molecule has 1 atom stereocenters. The number of carbonyl (C=O) groups is 1. The van der Waals surface area contributed by atoms with Gasteiger partial charge in [0.25, 0.3) is 10.0 Å². The highest BCUT2D eigenvalue weighted by Gasteiger charge is 2.36. The third-order valence-corrected chi connectivity index (χ3v) is 8.64. The molecule has 0 saturated carbocycles. The molecule has 220 valence electrons. The molecule has 0 aromatic heterocycles. The first-order valence-electron chi connectivity index (χ1n) is 12.7. The van der Waals surface area contributed by atoms with E-state index in [2.05, 4.69) is 5.32 Å². The van der Waals surface area contributed by atoms with E-state index in [1.165, 1.54) is 51.7 Å². The van der Waals surface area contributed by atoms with Crippen molar-refractivity contribution in [3.8, 4) is 28.7 Å². The first-order chi connectivity index (χ1) is 19.4. The molecule has 3 aromatic carbocycles. The summed E-state index contributed by atoms with van der Waals surface area (Å²) in [4.78, 5) is 13.5. The van der Waals surface area contributed by atoms with Gasteiger partial charge in [-0.05, 0) is 56.3 Å². The Morgan fingerprint density at radius 3 is 2.29 bits per heavy atom. The Kier molecular flexibility index (Phi) is 8.79. The number of sulfonamides is 1. The Morgan fingerprint density at radius 2 is 1.63 bits per heavy atom. The molecule has 0 radical (unpaired) electrons. The fraction of sp³-hybridized carbons (Fsp3) is 0.345. The van der Waals surface area contributed by atoms with E-state index in [1.54, 1.807) is 25.3 Å². The van der Waals surface area contributed by atoms with Crippen LogP contribution >= 0.6 is 11.6 Å². The van der Waals surface area contributed by atoms with Crippen LogP contribution in [0.5, 0.6) is 28.7 Å². The number of halogens is 1. The van der Waals surface area contributed by atoms with E-state index < -0.39 is 34.1 Å². The van der Waals surface area contributed by atoms with Crippen LogP contribution in [0.25, 0.3) is 0 Å². The van der Waals surface area contributed by atoms with Crippen LogP contribution in [0.3, 0.4) is 0 Å². The summed E-state index contributed by atoms with van der Waals surface area (Å²) in [6.45, 7) is 3.27. The first-order valence-corrected chi connectivity index (χ1v) is 14.5. The molecule has 0 spiro atoms. The van der Waals surface area contributed by atoms with Gasteiger partial charge >= 0.3 is 0 Å². The number of methoxy groups -OCH3 is 4. The van der Waals surface area contributed by atoms with Crippen molar-refractivity contribution in [3.63, 3.8) is 0 Å². The maximum Gasteiger partial charge on any atom is 0.265 e. The van der Waals surface area contributed by atoms with Gasteiger partial charge in [-0.2, -0.15) is 0 Å². The number of rotatable bonds is 10. The topological polar surface area (TPSA) is 113 Å². The zero-order valence-corrected chi connectivity index (χ0v) is 25.3. The van der Waals surface area contributed by atoms with E-state index in [0.717, 1.165) is 9.87 Å². The number of carbonyl (C=O) groups excluding carboxylic acids is 1. The SMILES string of the molecule is COc1ccc2c(c1)OC(C)(C)CC2NC(=O)CN(c1cc(Cl)ccc1OC)S(=O)(=O)c1ccc(OC)c(OC)c1. The van der Waals surface area contributed by atoms with Gasteiger partial charge in [0.15, 0.2) is 11.5 Å². The van der Waals surface area contributed by atoms with Crippen LogP contribution in [-0.2, 0) is 14.8 Å². The van der Waals surface area contributed by atoms with Gasteiger partial charge in [0, 0.05) is 29.1 Å². The zero-order valence-electron chi connectivity index (χ0n) is 23.7. The minimum Gasteiger partial charge on any atom is -0.497 e. The van der Waals surface area contributed by atoms with Crippen molar-refractivity contribution in [2.75, 3.05) is 39.3 Å². The number of ether oxygens (including phenoxy) is 5. The number of hydrogen-bond acceptors (Lipinski definition) is 8. The second-order valence-electron chi connectivity index (χ2n) is 9.93. The smallest absolute Gasteiger partial charge is 0.265 e. The van der Waals surface area contributed by atoms with Gasteiger partial charge in [0.2, 0.25) is 5.91 Å². The summed E-state index contributed by atoms with van der Waals surface area (Å²) in [7, 11) is 1.49. The highest BCUT2D eigenvalue weighted by molar-refractivity contribution is 7.92. The highest BCUT2D eigenvalue weighted by atomic mass is 35.5. The van der Waals surface area contributed by atoms with Crippen molar-refractivity contribution < 1.29 is 36.9 Å². The molecular weight excluding hydrogens is 572 g/mol. The van der Waals surface area contributed by atoms with Crippen LogP contribution < -0.4 is 33.3 Å². The molecule has 1 aliphatic rings. The van der Waals surface area contributed by atoms with E-state index in [0.29, 0.717) is 23.7 Å². The van der Waals surface area contributed by atoms with E-state index in [-0.39, 0.29) is 27.1 Å². The van der Waals surface area contributed by atoms with Crippen LogP contribution in [0.1, 0.15) is 31.9 Å². The van der Waals surface area contributed by atoms with Crippen LogP contribution in [-0.4, -0.2) is 54.9 Å². The molecule has 0 saturated heterocycles. The minimum atomic E-state index is -4.33. The summed E-state index contributed by atoms with van der Waals surface area (Å²) in [6.07, 6.45) is 0.459. The van der Waals surface area contributed by atoms with E-state index in [4.69, 9.17) is 35.3 Å². The molecule has 1 heterocycles. The van der Waals surface area contributed by atoms with E-state index >= 15 is 0 Å². The number of nitrogens with one attached hydrogen (secondary N) is 1.